The molecule has 2 atom stereocenters. The second kappa shape index (κ2) is 9.80. The van der Waals surface area contributed by atoms with Gasteiger partial charge < -0.3 is 14.4 Å². The summed E-state index contributed by atoms with van der Waals surface area (Å²) in [6.07, 6.45) is 8.04. The predicted octanol–water partition coefficient (Wildman–Crippen LogP) is 2.34. The molecule has 0 radical (unpaired) electrons. The highest BCUT2D eigenvalue weighted by Gasteiger charge is 2.37. The van der Waals surface area contributed by atoms with Crippen molar-refractivity contribution in [1.29, 1.82) is 0 Å². The number of piperidine rings is 1. The third-order valence-corrected chi connectivity index (χ3v) is 9.51. The fraction of sp³-hybridized carbons (Fsp3) is 0.708. The Kier molecular flexibility index (Phi) is 6.81. The van der Waals surface area contributed by atoms with Crippen LogP contribution in [0.3, 0.4) is 0 Å². The molecule has 3 heterocycles. The Morgan fingerprint density at radius 1 is 0.879 bits per heavy atom. The van der Waals surface area contributed by atoms with Gasteiger partial charge >= 0.3 is 0 Å². The van der Waals surface area contributed by atoms with E-state index in [2.05, 4.69) is 9.80 Å². The lowest BCUT2D eigenvalue weighted by atomic mass is 9.78. The lowest BCUT2D eigenvalue weighted by Gasteiger charge is -2.45. The SMILES string of the molecule is O=C(CN1CCN(S(=O)(=O)c2ccc3c(c2)OCCCO3)CC1)N1CCC[C@@H]2CCCC[C@H]21. The van der Waals surface area contributed by atoms with E-state index >= 15 is 0 Å². The zero-order valence-corrected chi connectivity index (χ0v) is 20.1. The molecular formula is C24H35N3O5S. The Hall–Kier alpha value is -1.84. The normalized spacial score (nSPS) is 27.0. The summed E-state index contributed by atoms with van der Waals surface area (Å²) >= 11 is 0. The van der Waals surface area contributed by atoms with Crippen LogP contribution in [-0.2, 0) is 14.8 Å². The number of likely N-dealkylation sites (tertiary alicyclic amines) is 1. The quantitative estimate of drug-likeness (QED) is 0.662. The van der Waals surface area contributed by atoms with Gasteiger partial charge in [-0.1, -0.05) is 12.8 Å². The average molecular weight is 478 g/mol. The van der Waals surface area contributed by atoms with Gasteiger partial charge in [0.2, 0.25) is 15.9 Å². The summed E-state index contributed by atoms with van der Waals surface area (Å²) in [5.41, 5.74) is 0. The smallest absolute Gasteiger partial charge is 0.243 e. The molecule has 0 bridgehead atoms. The maximum Gasteiger partial charge on any atom is 0.243 e. The van der Waals surface area contributed by atoms with Crippen LogP contribution < -0.4 is 9.47 Å². The molecule has 2 saturated heterocycles. The van der Waals surface area contributed by atoms with Crippen molar-refractivity contribution < 1.29 is 22.7 Å². The second-order valence-corrected chi connectivity index (χ2v) is 11.6. The summed E-state index contributed by atoms with van der Waals surface area (Å²) < 4.78 is 39.3. The Bertz CT molecular complexity index is 959. The number of amides is 1. The zero-order chi connectivity index (χ0) is 22.8. The van der Waals surface area contributed by atoms with E-state index in [1.807, 2.05) is 0 Å². The Labute approximate surface area is 196 Å². The van der Waals surface area contributed by atoms with Crippen molar-refractivity contribution in [2.45, 2.75) is 55.9 Å². The molecule has 1 aromatic carbocycles. The number of fused-ring (bicyclic) bond motifs is 2. The van der Waals surface area contributed by atoms with E-state index in [1.54, 1.807) is 18.2 Å². The average Bonchev–Trinajstić information content (AvgIpc) is 3.09. The van der Waals surface area contributed by atoms with Crippen molar-refractivity contribution in [2.24, 2.45) is 5.92 Å². The molecule has 3 fully saturated rings. The molecule has 0 unspecified atom stereocenters. The summed E-state index contributed by atoms with van der Waals surface area (Å²) in [4.78, 5) is 17.6. The largest absolute Gasteiger partial charge is 0.490 e. The van der Waals surface area contributed by atoms with Crippen LogP contribution in [0.4, 0.5) is 0 Å². The summed E-state index contributed by atoms with van der Waals surface area (Å²) in [5, 5.41) is 0. The van der Waals surface area contributed by atoms with Gasteiger partial charge in [0.05, 0.1) is 24.7 Å². The van der Waals surface area contributed by atoms with Gasteiger partial charge in [0.15, 0.2) is 11.5 Å². The summed E-state index contributed by atoms with van der Waals surface area (Å²) in [6, 6.07) is 5.26. The van der Waals surface area contributed by atoms with Crippen molar-refractivity contribution in [2.75, 3.05) is 52.5 Å². The molecule has 33 heavy (non-hydrogen) atoms. The lowest BCUT2D eigenvalue weighted by Crippen LogP contribution is -2.55. The van der Waals surface area contributed by atoms with Gasteiger partial charge in [-0.3, -0.25) is 9.69 Å². The lowest BCUT2D eigenvalue weighted by molar-refractivity contribution is -0.139. The molecule has 0 spiro atoms. The van der Waals surface area contributed by atoms with E-state index in [-0.39, 0.29) is 10.8 Å². The zero-order valence-electron chi connectivity index (χ0n) is 19.3. The standard InChI is InChI=1S/C24H35N3O5S/c28-24(27-10-3-6-19-5-1-2-7-21(19)27)18-25-11-13-26(14-12-25)33(29,30)20-8-9-22-23(17-20)32-16-4-15-31-22/h8-9,17,19,21H,1-7,10-16,18H2/t19-,21+/m0/s1. The van der Waals surface area contributed by atoms with E-state index < -0.39 is 10.0 Å². The molecule has 0 aromatic heterocycles. The van der Waals surface area contributed by atoms with Crippen LogP contribution in [0.25, 0.3) is 0 Å². The minimum Gasteiger partial charge on any atom is -0.490 e. The van der Waals surface area contributed by atoms with E-state index in [4.69, 9.17) is 9.47 Å². The fourth-order valence-corrected chi connectivity index (χ4v) is 7.24. The number of piperazine rings is 1. The molecule has 1 amide bonds. The van der Waals surface area contributed by atoms with E-state index in [1.165, 1.54) is 30.0 Å². The molecule has 3 aliphatic heterocycles. The number of hydrogen-bond donors (Lipinski definition) is 0. The highest BCUT2D eigenvalue weighted by Crippen LogP contribution is 2.36. The highest BCUT2D eigenvalue weighted by atomic mass is 32.2. The monoisotopic (exact) mass is 477 g/mol. The third kappa shape index (κ3) is 4.86. The maximum absolute atomic E-state index is 13.2. The summed E-state index contributed by atoms with van der Waals surface area (Å²) in [5.74, 6) is 1.97. The molecule has 4 aliphatic rings. The van der Waals surface area contributed by atoms with Gasteiger partial charge in [0.1, 0.15) is 0 Å². The van der Waals surface area contributed by atoms with Crippen LogP contribution in [0.2, 0.25) is 0 Å². The van der Waals surface area contributed by atoms with Gasteiger partial charge in [-0.25, -0.2) is 8.42 Å². The van der Waals surface area contributed by atoms with Gasteiger partial charge in [-0.05, 0) is 43.7 Å². The number of carbonyl (C=O) groups is 1. The van der Waals surface area contributed by atoms with Crippen LogP contribution >= 0.6 is 0 Å². The third-order valence-electron chi connectivity index (χ3n) is 7.61. The molecule has 8 nitrogen and oxygen atoms in total. The summed E-state index contributed by atoms with van der Waals surface area (Å²) in [6.45, 7) is 4.25. The molecule has 5 rings (SSSR count). The Balaban J connectivity index is 1.18. The predicted molar refractivity (Wildman–Crippen MR) is 124 cm³/mol. The first-order valence-electron chi connectivity index (χ1n) is 12.4. The van der Waals surface area contributed by atoms with Crippen LogP contribution in [-0.4, -0.2) is 87.0 Å². The number of rotatable bonds is 4. The number of ether oxygens (including phenoxy) is 2. The van der Waals surface area contributed by atoms with Gasteiger partial charge in [-0.15, -0.1) is 0 Å². The maximum atomic E-state index is 13.2. The molecular weight excluding hydrogens is 442 g/mol. The minimum atomic E-state index is -3.62. The van der Waals surface area contributed by atoms with Crippen LogP contribution in [0.1, 0.15) is 44.9 Å². The molecule has 9 heteroatoms. The summed E-state index contributed by atoms with van der Waals surface area (Å²) in [7, 11) is -3.62. The highest BCUT2D eigenvalue weighted by molar-refractivity contribution is 7.89. The van der Waals surface area contributed by atoms with Gasteiger partial charge in [0.25, 0.3) is 0 Å². The van der Waals surface area contributed by atoms with Crippen molar-refractivity contribution in [1.82, 2.24) is 14.1 Å². The molecule has 1 aliphatic carbocycles. The molecule has 1 saturated carbocycles. The topological polar surface area (TPSA) is 79.4 Å². The first-order valence-corrected chi connectivity index (χ1v) is 13.9. The number of benzene rings is 1. The number of carbonyl (C=O) groups excluding carboxylic acids is 1. The second-order valence-electron chi connectivity index (χ2n) is 9.68. The van der Waals surface area contributed by atoms with Crippen LogP contribution in [0, 0.1) is 5.92 Å². The number of hydrogen-bond acceptors (Lipinski definition) is 6. The number of sulfonamides is 1. The molecule has 1 aromatic rings. The van der Waals surface area contributed by atoms with E-state index in [0.717, 1.165) is 25.8 Å². The fourth-order valence-electron chi connectivity index (χ4n) is 5.80. The van der Waals surface area contributed by atoms with Crippen molar-refractivity contribution in [3.05, 3.63) is 18.2 Å². The van der Waals surface area contributed by atoms with E-state index in [9.17, 15) is 13.2 Å². The van der Waals surface area contributed by atoms with Crippen molar-refractivity contribution in [3.63, 3.8) is 0 Å². The first-order chi connectivity index (χ1) is 16.0. The van der Waals surface area contributed by atoms with Crippen molar-refractivity contribution >= 4 is 15.9 Å². The van der Waals surface area contributed by atoms with Crippen LogP contribution in [0.15, 0.2) is 23.1 Å². The Morgan fingerprint density at radius 2 is 1.61 bits per heavy atom. The molecule has 0 N–H and O–H groups in total. The van der Waals surface area contributed by atoms with Crippen LogP contribution in [0.5, 0.6) is 11.5 Å². The number of nitrogens with zero attached hydrogens (tertiary/aromatic N) is 3. The van der Waals surface area contributed by atoms with E-state index in [0.29, 0.717) is 69.4 Å². The Morgan fingerprint density at radius 3 is 2.42 bits per heavy atom. The minimum absolute atomic E-state index is 0.214. The van der Waals surface area contributed by atoms with Gasteiger partial charge in [-0.2, -0.15) is 4.31 Å². The van der Waals surface area contributed by atoms with Crippen molar-refractivity contribution in [3.8, 4) is 11.5 Å². The molecule has 182 valence electrons. The first kappa shape index (κ1) is 22.9. The van der Waals surface area contributed by atoms with Gasteiger partial charge in [0, 0.05) is 51.3 Å².